The Balaban J connectivity index is 1.47. The third-order valence-electron chi connectivity index (χ3n) is 3.15. The lowest BCUT2D eigenvalue weighted by Gasteiger charge is -2.09. The fourth-order valence-corrected chi connectivity index (χ4v) is 2.79. The van der Waals surface area contributed by atoms with Crippen LogP contribution in [0.5, 0.6) is 0 Å². The van der Waals surface area contributed by atoms with Crippen molar-refractivity contribution in [1.29, 1.82) is 0 Å². The molecule has 1 fully saturated rings. The van der Waals surface area contributed by atoms with Crippen LogP contribution in [0.15, 0.2) is 33.9 Å². The lowest BCUT2D eigenvalue weighted by Crippen LogP contribution is -2.32. The Bertz CT molecular complexity index is 560. The highest BCUT2D eigenvalue weighted by atomic mass is 32.2. The van der Waals surface area contributed by atoms with Gasteiger partial charge in [-0.1, -0.05) is 23.9 Å². The largest absolute Gasteiger partial charge is 0.431 e. The summed E-state index contributed by atoms with van der Waals surface area (Å²) in [5.74, 6) is 0.285. The molecule has 0 spiro atoms. The maximum atomic E-state index is 11.7. The summed E-state index contributed by atoms with van der Waals surface area (Å²) in [5, 5.41) is 3.40. The zero-order valence-electron chi connectivity index (χ0n) is 11.0. The maximum absolute atomic E-state index is 11.7. The Morgan fingerprint density at radius 1 is 1.45 bits per heavy atom. The molecular weight excluding hydrogens is 276 g/mol. The molecule has 3 rings (SSSR count). The summed E-state index contributed by atoms with van der Waals surface area (Å²) in [5.41, 5.74) is 1.56. The molecule has 1 aliphatic rings. The molecule has 0 bridgehead atoms. The molecule has 1 amide bonds. The van der Waals surface area contributed by atoms with E-state index in [0.29, 0.717) is 17.5 Å². The number of aromatic nitrogens is 1. The number of rotatable bonds is 5. The van der Waals surface area contributed by atoms with E-state index < -0.39 is 0 Å². The number of thioether (sulfide) groups is 1. The summed E-state index contributed by atoms with van der Waals surface area (Å²) in [7, 11) is 0. The molecule has 1 N–H and O–H groups in total. The van der Waals surface area contributed by atoms with E-state index in [0.717, 1.165) is 30.5 Å². The minimum atomic E-state index is -0.0206. The lowest BCUT2D eigenvalue weighted by atomic mass is 10.2. The van der Waals surface area contributed by atoms with Crippen LogP contribution in [0.25, 0.3) is 11.1 Å². The Hall–Kier alpha value is -1.53. The van der Waals surface area contributed by atoms with Gasteiger partial charge in [-0.25, -0.2) is 4.98 Å². The molecule has 1 aromatic heterocycles. The predicted octanol–water partition coefficient (Wildman–Crippen LogP) is 2.22. The minimum Gasteiger partial charge on any atom is -0.431 e. The third-order valence-corrected chi connectivity index (χ3v) is 3.98. The van der Waals surface area contributed by atoms with E-state index in [4.69, 9.17) is 9.15 Å². The van der Waals surface area contributed by atoms with Gasteiger partial charge in [0.2, 0.25) is 5.91 Å². The average molecular weight is 292 g/mol. The average Bonchev–Trinajstić information content (AvgIpc) is 3.11. The monoisotopic (exact) mass is 292 g/mol. The number of oxazole rings is 1. The van der Waals surface area contributed by atoms with Gasteiger partial charge < -0.3 is 14.5 Å². The molecule has 0 aliphatic carbocycles. The zero-order valence-corrected chi connectivity index (χ0v) is 11.8. The van der Waals surface area contributed by atoms with Crippen molar-refractivity contribution < 1.29 is 13.9 Å². The van der Waals surface area contributed by atoms with Crippen molar-refractivity contribution in [2.75, 3.05) is 18.9 Å². The van der Waals surface area contributed by atoms with E-state index in [2.05, 4.69) is 10.3 Å². The van der Waals surface area contributed by atoms with Crippen molar-refractivity contribution in [2.45, 2.75) is 24.2 Å². The molecule has 1 saturated heterocycles. The first-order valence-electron chi connectivity index (χ1n) is 6.68. The fourth-order valence-electron chi connectivity index (χ4n) is 2.12. The number of fused-ring (bicyclic) bond motifs is 1. The Morgan fingerprint density at radius 2 is 2.35 bits per heavy atom. The summed E-state index contributed by atoms with van der Waals surface area (Å²) < 4.78 is 11.0. The Morgan fingerprint density at radius 3 is 3.15 bits per heavy atom. The first-order chi connectivity index (χ1) is 9.81. The highest BCUT2D eigenvalue weighted by Gasteiger charge is 2.16. The molecule has 1 atom stereocenters. The van der Waals surface area contributed by atoms with Crippen LogP contribution in [0, 0.1) is 0 Å². The molecule has 2 heterocycles. The van der Waals surface area contributed by atoms with Crippen LogP contribution in [0.3, 0.4) is 0 Å². The summed E-state index contributed by atoms with van der Waals surface area (Å²) in [4.78, 5) is 16.0. The van der Waals surface area contributed by atoms with Crippen LogP contribution in [-0.2, 0) is 9.53 Å². The van der Waals surface area contributed by atoms with Crippen molar-refractivity contribution in [2.24, 2.45) is 0 Å². The standard InChI is InChI=1S/C14H16N2O3S/c17-13(15-8-10-4-3-7-18-10)9-20-14-16-11-5-1-2-6-12(11)19-14/h1-2,5-6,10H,3-4,7-9H2,(H,15,17)/t10-/m0/s1. The van der Waals surface area contributed by atoms with Crippen molar-refractivity contribution in [1.82, 2.24) is 10.3 Å². The van der Waals surface area contributed by atoms with Crippen molar-refractivity contribution in [3.8, 4) is 0 Å². The second-order valence-corrected chi connectivity index (χ2v) is 5.60. The van der Waals surface area contributed by atoms with E-state index in [1.54, 1.807) is 0 Å². The first kappa shape index (κ1) is 13.5. The minimum absolute atomic E-state index is 0.0206. The van der Waals surface area contributed by atoms with Crippen LogP contribution in [0.4, 0.5) is 0 Å². The zero-order chi connectivity index (χ0) is 13.8. The molecule has 0 saturated carbocycles. The number of hydrogen-bond acceptors (Lipinski definition) is 5. The summed E-state index contributed by atoms with van der Waals surface area (Å²) in [6.45, 7) is 1.39. The summed E-state index contributed by atoms with van der Waals surface area (Å²) in [6, 6.07) is 7.56. The molecule has 1 aromatic carbocycles. The number of carbonyl (C=O) groups excluding carboxylic acids is 1. The van der Waals surface area contributed by atoms with E-state index in [9.17, 15) is 4.79 Å². The smallest absolute Gasteiger partial charge is 0.257 e. The van der Waals surface area contributed by atoms with Crippen LogP contribution >= 0.6 is 11.8 Å². The van der Waals surface area contributed by atoms with Gasteiger partial charge in [0.25, 0.3) is 5.22 Å². The normalized spacial score (nSPS) is 18.5. The van der Waals surface area contributed by atoms with Gasteiger partial charge in [-0.05, 0) is 25.0 Å². The van der Waals surface area contributed by atoms with Crippen molar-refractivity contribution in [3.05, 3.63) is 24.3 Å². The van der Waals surface area contributed by atoms with Gasteiger partial charge in [0, 0.05) is 13.2 Å². The van der Waals surface area contributed by atoms with E-state index >= 15 is 0 Å². The number of amides is 1. The number of ether oxygens (including phenoxy) is 1. The topological polar surface area (TPSA) is 64.4 Å². The van der Waals surface area contributed by atoms with Crippen molar-refractivity contribution in [3.63, 3.8) is 0 Å². The SMILES string of the molecule is O=C(CSc1nc2ccccc2o1)NC[C@@H]1CCCO1. The number of carbonyl (C=O) groups is 1. The van der Waals surface area contributed by atoms with E-state index in [1.807, 2.05) is 24.3 Å². The highest BCUT2D eigenvalue weighted by Crippen LogP contribution is 2.22. The highest BCUT2D eigenvalue weighted by molar-refractivity contribution is 7.99. The number of benzene rings is 1. The summed E-state index contributed by atoms with van der Waals surface area (Å²) in [6.07, 6.45) is 2.28. The molecule has 2 aromatic rings. The molecule has 106 valence electrons. The van der Waals surface area contributed by atoms with Gasteiger partial charge >= 0.3 is 0 Å². The molecule has 0 unspecified atom stereocenters. The number of nitrogens with one attached hydrogen (secondary N) is 1. The molecule has 6 heteroatoms. The fraction of sp³-hybridized carbons (Fsp3) is 0.429. The van der Waals surface area contributed by atoms with Crippen molar-refractivity contribution >= 4 is 28.8 Å². The second kappa shape index (κ2) is 6.28. The Kier molecular flexibility index (Phi) is 4.22. The molecular formula is C14H16N2O3S. The molecule has 1 aliphatic heterocycles. The molecule has 20 heavy (non-hydrogen) atoms. The number of para-hydroxylation sites is 2. The van der Waals surface area contributed by atoms with Gasteiger partial charge in [-0.15, -0.1) is 0 Å². The van der Waals surface area contributed by atoms with E-state index in [1.165, 1.54) is 11.8 Å². The second-order valence-electron chi connectivity index (χ2n) is 4.68. The van der Waals surface area contributed by atoms with Crippen LogP contribution < -0.4 is 5.32 Å². The number of nitrogens with zero attached hydrogens (tertiary/aromatic N) is 1. The third kappa shape index (κ3) is 3.32. The van der Waals surface area contributed by atoms with Crippen LogP contribution in [0.2, 0.25) is 0 Å². The molecule has 0 radical (unpaired) electrons. The quantitative estimate of drug-likeness (QED) is 0.856. The van der Waals surface area contributed by atoms with E-state index in [-0.39, 0.29) is 12.0 Å². The lowest BCUT2D eigenvalue weighted by molar-refractivity contribution is -0.119. The predicted molar refractivity (Wildman–Crippen MR) is 76.7 cm³/mol. The first-order valence-corrected chi connectivity index (χ1v) is 7.66. The van der Waals surface area contributed by atoms with Crippen LogP contribution in [-0.4, -0.2) is 35.9 Å². The van der Waals surface area contributed by atoms with Crippen LogP contribution in [0.1, 0.15) is 12.8 Å². The van der Waals surface area contributed by atoms with Gasteiger partial charge in [0.1, 0.15) is 5.52 Å². The van der Waals surface area contributed by atoms with Gasteiger partial charge in [0.15, 0.2) is 5.58 Å². The molecule has 5 nitrogen and oxygen atoms in total. The maximum Gasteiger partial charge on any atom is 0.257 e. The summed E-state index contributed by atoms with van der Waals surface area (Å²) >= 11 is 1.31. The van der Waals surface area contributed by atoms with Gasteiger partial charge in [-0.3, -0.25) is 4.79 Å². The number of hydrogen-bond donors (Lipinski definition) is 1. The van der Waals surface area contributed by atoms with Gasteiger partial charge in [0.05, 0.1) is 11.9 Å². The Labute approximate surface area is 121 Å². The van der Waals surface area contributed by atoms with Gasteiger partial charge in [-0.2, -0.15) is 0 Å².